The molecule has 2 aromatic heterocycles. The first-order chi connectivity index (χ1) is 16.5. The van der Waals surface area contributed by atoms with E-state index in [4.69, 9.17) is 0 Å². The summed E-state index contributed by atoms with van der Waals surface area (Å²) in [5.74, 6) is -0.407. The fraction of sp³-hybridized carbons (Fsp3) is 0.360. The van der Waals surface area contributed by atoms with Gasteiger partial charge in [0.2, 0.25) is 5.91 Å². The van der Waals surface area contributed by atoms with Gasteiger partial charge < -0.3 is 14.8 Å². The number of aryl methyl sites for hydroxylation is 1. The van der Waals surface area contributed by atoms with Gasteiger partial charge in [0.25, 0.3) is 12.0 Å². The second-order valence-corrected chi connectivity index (χ2v) is 9.00. The summed E-state index contributed by atoms with van der Waals surface area (Å²) >= 11 is 0. The second kappa shape index (κ2) is 9.16. The lowest BCUT2D eigenvalue weighted by atomic mass is 10.0. The third-order valence-electron chi connectivity index (χ3n) is 6.48. The molecule has 10 heteroatoms. The van der Waals surface area contributed by atoms with Crippen molar-refractivity contribution < 1.29 is 18.0 Å². The number of likely N-dealkylation sites (tertiary alicyclic amines) is 1. The number of nitrogens with zero attached hydrogens (tertiary/aromatic N) is 4. The van der Waals surface area contributed by atoms with Gasteiger partial charge in [-0.2, -0.15) is 0 Å². The summed E-state index contributed by atoms with van der Waals surface area (Å²) in [6.07, 6.45) is 0.665. The number of pyridine rings is 1. The molecule has 4 rings (SSSR count). The third kappa shape index (κ3) is 4.52. The number of aromatic nitrogens is 3. The molecule has 35 heavy (non-hydrogen) atoms. The maximum atomic E-state index is 14.9. The monoisotopic (exact) mass is 485 g/mol. The number of rotatable bonds is 6. The first kappa shape index (κ1) is 24.4. The molecule has 7 nitrogen and oxygen atoms in total. The molecule has 0 radical (unpaired) electrons. The van der Waals surface area contributed by atoms with Crippen molar-refractivity contribution in [1.29, 1.82) is 0 Å². The largest absolute Gasteiger partial charge is 0.359 e. The van der Waals surface area contributed by atoms with Crippen LogP contribution in [-0.4, -0.2) is 38.4 Å². The van der Waals surface area contributed by atoms with Crippen LogP contribution >= 0.6 is 0 Å². The zero-order valence-electron chi connectivity index (χ0n) is 19.7. The summed E-state index contributed by atoms with van der Waals surface area (Å²) in [7, 11) is 0. The van der Waals surface area contributed by atoms with Gasteiger partial charge in [0.15, 0.2) is 0 Å². The van der Waals surface area contributed by atoms with Crippen molar-refractivity contribution in [3.63, 3.8) is 0 Å². The Bertz CT molecular complexity index is 1370. The highest BCUT2D eigenvalue weighted by molar-refractivity contribution is 5.88. The van der Waals surface area contributed by atoms with Crippen molar-refractivity contribution in [3.8, 4) is 0 Å². The Balaban J connectivity index is 1.80. The molecule has 3 aromatic rings. The van der Waals surface area contributed by atoms with Crippen LogP contribution in [-0.2, 0) is 10.3 Å². The van der Waals surface area contributed by atoms with Crippen LogP contribution in [0.1, 0.15) is 49.7 Å². The number of hydrogen-bond acceptors (Lipinski definition) is 5. The molecule has 2 atom stereocenters. The maximum absolute atomic E-state index is 14.9. The van der Waals surface area contributed by atoms with Gasteiger partial charge in [-0.3, -0.25) is 9.59 Å². The minimum absolute atomic E-state index is 0.00427. The molecule has 1 saturated heterocycles. The van der Waals surface area contributed by atoms with Crippen LogP contribution in [0.15, 0.2) is 47.9 Å². The summed E-state index contributed by atoms with van der Waals surface area (Å²) in [4.78, 5) is 35.4. The summed E-state index contributed by atoms with van der Waals surface area (Å²) in [5, 5.41) is 3.57. The predicted octanol–water partition coefficient (Wildman–Crippen LogP) is 4.48. The number of fused-ring (bicyclic) bond motifs is 1. The van der Waals surface area contributed by atoms with Crippen molar-refractivity contribution in [3.05, 3.63) is 76.2 Å². The zero-order valence-corrected chi connectivity index (χ0v) is 19.7. The number of halogens is 3. The molecular formula is C25H26F3N5O2. The van der Waals surface area contributed by atoms with E-state index in [0.29, 0.717) is 42.1 Å². The first-order valence-electron chi connectivity index (χ1n) is 11.2. The van der Waals surface area contributed by atoms with E-state index in [2.05, 4.69) is 21.9 Å². The Labute approximate surface area is 200 Å². The van der Waals surface area contributed by atoms with Gasteiger partial charge >= 0.3 is 0 Å². The molecule has 184 valence electrons. The molecule has 0 saturated carbocycles. The van der Waals surface area contributed by atoms with Gasteiger partial charge in [-0.25, -0.2) is 23.1 Å². The van der Waals surface area contributed by atoms with Crippen LogP contribution in [0.4, 0.5) is 19.0 Å². The molecule has 1 aliphatic heterocycles. The number of alkyl halides is 2. The number of nitrogens with one attached hydrogen (secondary N) is 1. The second-order valence-electron chi connectivity index (χ2n) is 9.00. The molecule has 1 aromatic carbocycles. The average molecular weight is 486 g/mol. The van der Waals surface area contributed by atoms with E-state index >= 15 is 0 Å². The minimum Gasteiger partial charge on any atom is -0.359 e. The fourth-order valence-electron chi connectivity index (χ4n) is 4.55. The lowest BCUT2D eigenvalue weighted by molar-refractivity contribution is -0.128. The molecule has 1 fully saturated rings. The molecule has 1 aliphatic rings. The summed E-state index contributed by atoms with van der Waals surface area (Å²) in [6, 6.07) is 4.34. The van der Waals surface area contributed by atoms with E-state index in [-0.39, 0.29) is 17.0 Å². The van der Waals surface area contributed by atoms with Crippen LogP contribution < -0.4 is 10.9 Å². The molecular weight excluding hydrogens is 459 g/mol. The Morgan fingerprint density at radius 1 is 1.29 bits per heavy atom. The molecule has 0 bridgehead atoms. The van der Waals surface area contributed by atoms with Gasteiger partial charge in [-0.15, -0.1) is 6.58 Å². The normalized spacial score (nSPS) is 18.8. The van der Waals surface area contributed by atoms with Crippen molar-refractivity contribution in [2.24, 2.45) is 0 Å². The van der Waals surface area contributed by atoms with Crippen molar-refractivity contribution in [2.45, 2.75) is 45.2 Å². The molecule has 0 aliphatic carbocycles. The molecule has 1 N–H and O–H groups in total. The van der Waals surface area contributed by atoms with Gasteiger partial charge in [0.1, 0.15) is 17.5 Å². The first-order valence-corrected chi connectivity index (χ1v) is 11.2. The van der Waals surface area contributed by atoms with E-state index in [1.54, 1.807) is 22.6 Å². The topological polar surface area (TPSA) is 80.1 Å². The summed E-state index contributed by atoms with van der Waals surface area (Å²) in [5.41, 5.74) is -1.22. The van der Waals surface area contributed by atoms with Crippen LogP contribution in [0.5, 0.6) is 0 Å². The van der Waals surface area contributed by atoms with Gasteiger partial charge in [0, 0.05) is 37.8 Å². The van der Waals surface area contributed by atoms with E-state index in [1.807, 2.05) is 6.92 Å². The smallest absolute Gasteiger partial charge is 0.266 e. The average Bonchev–Trinajstić information content (AvgIpc) is 3.20. The quantitative estimate of drug-likeness (QED) is 0.521. The Morgan fingerprint density at radius 2 is 2.00 bits per heavy atom. The zero-order chi connectivity index (χ0) is 25.5. The fourth-order valence-corrected chi connectivity index (χ4v) is 4.55. The standard InChI is InChI=1S/C25H26F3N5O2/c1-5-19(16-7-6-8-17(22(16)26)23(27)28)31-24-18-12-33(21(35)11-20(18)29-14(2)30-24)25(4)9-10-32(13-25)15(3)34/h5-8,11-12,19,23H,1,9-10,13H2,2-4H3,(H,29,30,31). The highest BCUT2D eigenvalue weighted by Gasteiger charge is 2.37. The van der Waals surface area contributed by atoms with Crippen LogP contribution in [0.3, 0.4) is 0 Å². The van der Waals surface area contributed by atoms with Gasteiger partial charge in [-0.05, 0) is 20.3 Å². The number of anilines is 1. The number of amides is 1. The predicted molar refractivity (Wildman–Crippen MR) is 127 cm³/mol. The van der Waals surface area contributed by atoms with E-state index in [0.717, 1.165) is 6.07 Å². The van der Waals surface area contributed by atoms with Crippen LogP contribution in [0.2, 0.25) is 0 Å². The Kier molecular flexibility index (Phi) is 6.40. The molecule has 0 spiro atoms. The van der Waals surface area contributed by atoms with Gasteiger partial charge in [-0.1, -0.05) is 24.3 Å². The lowest BCUT2D eigenvalue weighted by Gasteiger charge is -2.28. The van der Waals surface area contributed by atoms with Crippen molar-refractivity contribution in [2.75, 3.05) is 18.4 Å². The number of hydrogen-bond donors (Lipinski definition) is 1. The Morgan fingerprint density at radius 3 is 2.63 bits per heavy atom. The van der Waals surface area contributed by atoms with Crippen molar-refractivity contribution >= 4 is 22.6 Å². The third-order valence-corrected chi connectivity index (χ3v) is 6.48. The number of benzene rings is 1. The molecule has 2 unspecified atom stereocenters. The highest BCUT2D eigenvalue weighted by atomic mass is 19.3. The van der Waals surface area contributed by atoms with E-state index in [9.17, 15) is 22.8 Å². The molecule has 3 heterocycles. The van der Waals surface area contributed by atoms with Crippen molar-refractivity contribution in [1.82, 2.24) is 19.4 Å². The maximum Gasteiger partial charge on any atom is 0.266 e. The summed E-state index contributed by atoms with van der Waals surface area (Å²) in [6.45, 7) is 9.69. The van der Waals surface area contributed by atoms with Crippen LogP contribution in [0.25, 0.3) is 10.9 Å². The summed E-state index contributed by atoms with van der Waals surface area (Å²) < 4.78 is 42.9. The highest BCUT2D eigenvalue weighted by Crippen LogP contribution is 2.32. The number of carbonyl (C=O) groups excluding carboxylic acids is 1. The molecule has 1 amide bonds. The lowest BCUT2D eigenvalue weighted by Crippen LogP contribution is -2.41. The van der Waals surface area contributed by atoms with E-state index in [1.165, 1.54) is 31.2 Å². The van der Waals surface area contributed by atoms with Crippen LogP contribution in [0, 0.1) is 12.7 Å². The van der Waals surface area contributed by atoms with Gasteiger partial charge in [0.05, 0.1) is 28.0 Å². The van der Waals surface area contributed by atoms with E-state index < -0.39 is 29.4 Å². The SMILES string of the molecule is C=CC(Nc1nc(C)nc2cc(=O)n(C3(C)CCN(C(C)=O)C3)cc12)c1cccc(C(F)F)c1F. The Hall–Kier alpha value is -3.69. The minimum atomic E-state index is -2.96. The number of carbonyl (C=O) groups is 1.